The Kier molecular flexibility index (Phi) is 10.6. The van der Waals surface area contributed by atoms with E-state index in [1.165, 1.54) is 30.3 Å². The summed E-state index contributed by atoms with van der Waals surface area (Å²) in [5, 5.41) is 3.92. The summed E-state index contributed by atoms with van der Waals surface area (Å²) in [7, 11) is 0. The number of thioether (sulfide) groups is 1. The third kappa shape index (κ3) is 8.60. The van der Waals surface area contributed by atoms with E-state index in [2.05, 4.69) is 5.32 Å². The van der Waals surface area contributed by atoms with Gasteiger partial charge in [0.25, 0.3) is 0 Å². The number of carbonyl (C=O) groups is 2. The highest BCUT2D eigenvalue weighted by Crippen LogP contribution is 2.22. The number of benzene rings is 3. The molecule has 4 rings (SSSR count). The van der Waals surface area contributed by atoms with Crippen LogP contribution in [0.5, 0.6) is 0 Å². The highest BCUT2D eigenvalue weighted by molar-refractivity contribution is 7.99. The van der Waals surface area contributed by atoms with Crippen molar-refractivity contribution in [2.24, 2.45) is 0 Å². The first-order chi connectivity index (χ1) is 18.5. The number of nitrogens with zero attached hydrogens (tertiary/aromatic N) is 1. The van der Waals surface area contributed by atoms with Crippen molar-refractivity contribution in [1.82, 2.24) is 10.2 Å². The van der Waals surface area contributed by atoms with E-state index in [1.807, 2.05) is 54.6 Å². The molecule has 7 heteroatoms. The maximum atomic E-state index is 13.7. The van der Waals surface area contributed by atoms with Gasteiger partial charge in [-0.15, -0.1) is 11.8 Å². The van der Waals surface area contributed by atoms with Gasteiger partial charge >= 0.3 is 0 Å². The lowest BCUT2D eigenvalue weighted by Crippen LogP contribution is -2.53. The number of nitrogens with one attached hydrogen (secondary N) is 1. The van der Waals surface area contributed by atoms with E-state index in [-0.39, 0.29) is 36.0 Å². The molecule has 1 saturated carbocycles. The van der Waals surface area contributed by atoms with Crippen molar-refractivity contribution in [3.05, 3.63) is 106 Å². The molecule has 4 nitrogen and oxygen atoms in total. The zero-order valence-corrected chi connectivity index (χ0v) is 23.0. The Bertz CT molecular complexity index is 1170. The van der Waals surface area contributed by atoms with E-state index in [0.717, 1.165) is 42.4 Å². The van der Waals surface area contributed by atoms with E-state index < -0.39 is 6.04 Å². The molecule has 0 radical (unpaired) electrons. The first-order valence-electron chi connectivity index (χ1n) is 13.2. The average molecular weight is 553 g/mol. The van der Waals surface area contributed by atoms with Crippen molar-refractivity contribution >= 4 is 35.2 Å². The smallest absolute Gasteiger partial charge is 0.243 e. The van der Waals surface area contributed by atoms with Crippen LogP contribution in [0.1, 0.15) is 48.8 Å². The van der Waals surface area contributed by atoms with E-state index in [0.29, 0.717) is 17.2 Å². The molecule has 2 amide bonds. The number of hydrogen-bond acceptors (Lipinski definition) is 3. The molecule has 200 valence electrons. The van der Waals surface area contributed by atoms with Crippen molar-refractivity contribution in [3.8, 4) is 0 Å². The highest BCUT2D eigenvalue weighted by atomic mass is 35.5. The lowest BCUT2D eigenvalue weighted by Gasteiger charge is -2.33. The fraction of sp³-hybridized carbons (Fsp3) is 0.355. The molecule has 0 spiro atoms. The lowest BCUT2D eigenvalue weighted by molar-refractivity contribution is -0.139. The summed E-state index contributed by atoms with van der Waals surface area (Å²) in [6.45, 7) is 0.232. The van der Waals surface area contributed by atoms with Crippen LogP contribution in [0.3, 0.4) is 0 Å². The van der Waals surface area contributed by atoms with Crippen molar-refractivity contribution < 1.29 is 14.0 Å². The maximum Gasteiger partial charge on any atom is 0.243 e. The van der Waals surface area contributed by atoms with Gasteiger partial charge in [0.2, 0.25) is 11.8 Å². The molecule has 1 aliphatic carbocycles. The molecule has 3 aromatic carbocycles. The number of amides is 2. The molecule has 3 aromatic rings. The van der Waals surface area contributed by atoms with Gasteiger partial charge in [-0.3, -0.25) is 9.59 Å². The molecule has 1 atom stereocenters. The highest BCUT2D eigenvalue weighted by Gasteiger charge is 2.31. The normalized spacial score (nSPS) is 14.6. The molecule has 0 aliphatic heterocycles. The number of halogens is 2. The molecule has 38 heavy (non-hydrogen) atoms. The Morgan fingerprint density at radius 3 is 2.24 bits per heavy atom. The summed E-state index contributed by atoms with van der Waals surface area (Å²) in [6, 6.07) is 23.0. The van der Waals surface area contributed by atoms with Crippen LogP contribution in [0.15, 0.2) is 78.9 Å². The number of rotatable bonds is 11. The summed E-state index contributed by atoms with van der Waals surface area (Å²) < 4.78 is 13.6. The Morgan fingerprint density at radius 2 is 1.55 bits per heavy atom. The molecular formula is C31H34ClFN2O2S. The second-order valence-corrected chi connectivity index (χ2v) is 11.2. The van der Waals surface area contributed by atoms with Crippen LogP contribution in [0, 0.1) is 5.82 Å². The monoisotopic (exact) mass is 552 g/mol. The summed E-state index contributed by atoms with van der Waals surface area (Å²) in [5.74, 6) is 0.310. The minimum absolute atomic E-state index is 0.118. The van der Waals surface area contributed by atoms with Gasteiger partial charge in [0, 0.05) is 29.8 Å². The van der Waals surface area contributed by atoms with Gasteiger partial charge in [-0.05, 0) is 53.8 Å². The quantitative estimate of drug-likeness (QED) is 0.284. The minimum Gasteiger partial charge on any atom is -0.352 e. The topological polar surface area (TPSA) is 49.4 Å². The van der Waals surface area contributed by atoms with Crippen LogP contribution < -0.4 is 5.32 Å². The molecular weight excluding hydrogens is 519 g/mol. The average Bonchev–Trinajstić information content (AvgIpc) is 2.94. The summed E-state index contributed by atoms with van der Waals surface area (Å²) in [5.41, 5.74) is 2.85. The molecule has 0 heterocycles. The van der Waals surface area contributed by atoms with Gasteiger partial charge in [0.1, 0.15) is 11.9 Å². The van der Waals surface area contributed by atoms with Crippen LogP contribution in [-0.2, 0) is 28.3 Å². The summed E-state index contributed by atoms with van der Waals surface area (Å²) in [4.78, 5) is 29.1. The SMILES string of the molecule is O=C(NC1CCCCC1)C(Cc1ccccc1)N(Cc1ccc(F)cc1)C(=O)CSCc1ccc(Cl)cc1. The molecule has 0 bridgehead atoms. The van der Waals surface area contributed by atoms with E-state index in [1.54, 1.807) is 17.0 Å². The van der Waals surface area contributed by atoms with Crippen molar-refractivity contribution in [3.63, 3.8) is 0 Å². The van der Waals surface area contributed by atoms with Gasteiger partial charge in [-0.25, -0.2) is 4.39 Å². The standard InChI is InChI=1S/C31H34ClFN2O2S/c32-26-15-11-25(12-16-26)21-38-22-30(36)35(20-24-13-17-27(33)18-14-24)29(19-23-7-3-1-4-8-23)31(37)34-28-9-5-2-6-10-28/h1,3-4,7-8,11-18,28-29H,2,5-6,9-10,19-22H2,(H,34,37). The summed E-state index contributed by atoms with van der Waals surface area (Å²) in [6.07, 6.45) is 5.75. The zero-order chi connectivity index (χ0) is 26.7. The van der Waals surface area contributed by atoms with Gasteiger partial charge < -0.3 is 10.2 Å². The third-order valence-corrected chi connectivity index (χ3v) is 8.14. The third-order valence-electron chi connectivity index (χ3n) is 6.90. The fourth-order valence-electron chi connectivity index (χ4n) is 4.80. The Balaban J connectivity index is 1.55. The van der Waals surface area contributed by atoms with Crippen molar-refractivity contribution in [1.29, 1.82) is 0 Å². The maximum absolute atomic E-state index is 13.7. The van der Waals surface area contributed by atoms with Gasteiger partial charge in [-0.2, -0.15) is 0 Å². The van der Waals surface area contributed by atoms with Crippen LogP contribution in [-0.4, -0.2) is 34.6 Å². The van der Waals surface area contributed by atoms with Crippen LogP contribution in [0.2, 0.25) is 5.02 Å². The van der Waals surface area contributed by atoms with Gasteiger partial charge in [0.15, 0.2) is 0 Å². The second-order valence-electron chi connectivity index (χ2n) is 9.82. The van der Waals surface area contributed by atoms with Gasteiger partial charge in [0.05, 0.1) is 5.75 Å². The second kappa shape index (κ2) is 14.4. The first kappa shape index (κ1) is 28.2. The largest absolute Gasteiger partial charge is 0.352 e. The molecule has 1 aliphatic rings. The molecule has 0 aromatic heterocycles. The van der Waals surface area contributed by atoms with Crippen molar-refractivity contribution in [2.75, 3.05) is 5.75 Å². The van der Waals surface area contributed by atoms with Crippen LogP contribution >= 0.6 is 23.4 Å². The molecule has 0 saturated heterocycles. The van der Waals surface area contributed by atoms with E-state index in [9.17, 15) is 14.0 Å². The molecule has 1 unspecified atom stereocenters. The number of hydrogen-bond donors (Lipinski definition) is 1. The first-order valence-corrected chi connectivity index (χ1v) is 14.7. The zero-order valence-electron chi connectivity index (χ0n) is 21.5. The predicted octanol–water partition coefficient (Wildman–Crippen LogP) is 6.80. The molecule has 1 N–H and O–H groups in total. The Hall–Kier alpha value is -2.83. The number of carbonyl (C=O) groups excluding carboxylic acids is 2. The summed E-state index contributed by atoms with van der Waals surface area (Å²) >= 11 is 7.50. The van der Waals surface area contributed by atoms with Crippen LogP contribution in [0.4, 0.5) is 4.39 Å². The van der Waals surface area contributed by atoms with Crippen molar-refractivity contribution in [2.45, 2.75) is 62.9 Å². The predicted molar refractivity (Wildman–Crippen MR) is 154 cm³/mol. The van der Waals surface area contributed by atoms with E-state index >= 15 is 0 Å². The fourth-order valence-corrected chi connectivity index (χ4v) is 5.80. The lowest BCUT2D eigenvalue weighted by atomic mass is 9.94. The molecule has 1 fully saturated rings. The van der Waals surface area contributed by atoms with Crippen LogP contribution in [0.25, 0.3) is 0 Å². The van der Waals surface area contributed by atoms with E-state index in [4.69, 9.17) is 11.6 Å². The Morgan fingerprint density at radius 1 is 0.895 bits per heavy atom. The minimum atomic E-state index is -0.673. The van der Waals surface area contributed by atoms with Gasteiger partial charge in [-0.1, -0.05) is 85.5 Å². The Labute approximate surface area is 234 Å².